The number of hydrogen-bond donors (Lipinski definition) is 2. The third-order valence-corrected chi connectivity index (χ3v) is 2.66. The lowest BCUT2D eigenvalue weighted by Crippen LogP contribution is -2.20. The normalized spacial score (nSPS) is 14.8. The minimum atomic E-state index is 0.262. The van der Waals surface area contributed by atoms with Crippen molar-refractivity contribution in [1.29, 1.82) is 0 Å². The highest BCUT2D eigenvalue weighted by molar-refractivity contribution is 5.42. The van der Waals surface area contributed by atoms with Gasteiger partial charge in [-0.15, -0.1) is 0 Å². The Morgan fingerprint density at radius 1 is 1.14 bits per heavy atom. The predicted octanol–water partition coefficient (Wildman–Crippen LogP) is 2.36. The van der Waals surface area contributed by atoms with Crippen LogP contribution in [0, 0.1) is 11.8 Å². The minimum Gasteiger partial charge on any atom is -0.396 e. The van der Waals surface area contributed by atoms with Gasteiger partial charge in [0.2, 0.25) is 0 Å². The highest BCUT2D eigenvalue weighted by Gasteiger charge is 2.10. The first-order chi connectivity index (χ1) is 6.74. The molecule has 2 nitrogen and oxygen atoms in total. The molecule has 14 heavy (non-hydrogen) atoms. The molecule has 0 spiro atoms. The van der Waals surface area contributed by atoms with Gasteiger partial charge in [-0.2, -0.15) is 0 Å². The number of rotatable bonds is 5. The summed E-state index contributed by atoms with van der Waals surface area (Å²) in [5.74, 6) is 0.839. The first-order valence-corrected chi connectivity index (χ1v) is 5.13. The molecular formula is C12H19NO. The minimum absolute atomic E-state index is 0.262. The molecule has 1 aromatic rings. The molecule has 2 heteroatoms. The van der Waals surface area contributed by atoms with E-state index in [1.54, 1.807) is 0 Å². The van der Waals surface area contributed by atoms with Gasteiger partial charge in [-0.1, -0.05) is 32.0 Å². The van der Waals surface area contributed by atoms with Crippen LogP contribution >= 0.6 is 0 Å². The molecule has 0 saturated carbocycles. The number of nitrogens with one attached hydrogen (secondary N) is 1. The first kappa shape index (κ1) is 11.1. The number of aliphatic hydroxyl groups excluding tert-OH is 1. The molecule has 2 N–H and O–H groups in total. The smallest absolute Gasteiger partial charge is 0.0459 e. The number of anilines is 1. The van der Waals surface area contributed by atoms with E-state index in [0.717, 1.165) is 12.2 Å². The second-order valence-corrected chi connectivity index (χ2v) is 3.88. The Balaban J connectivity index is 2.34. The van der Waals surface area contributed by atoms with Gasteiger partial charge in [0, 0.05) is 18.8 Å². The van der Waals surface area contributed by atoms with E-state index < -0.39 is 0 Å². The third kappa shape index (κ3) is 3.38. The number of benzene rings is 1. The second kappa shape index (κ2) is 5.66. The van der Waals surface area contributed by atoms with Gasteiger partial charge >= 0.3 is 0 Å². The fraction of sp³-hybridized carbons (Fsp3) is 0.500. The van der Waals surface area contributed by atoms with Crippen molar-refractivity contribution in [1.82, 2.24) is 0 Å². The predicted molar refractivity (Wildman–Crippen MR) is 60.3 cm³/mol. The summed E-state index contributed by atoms with van der Waals surface area (Å²) < 4.78 is 0. The molecule has 0 bridgehead atoms. The van der Waals surface area contributed by atoms with E-state index in [-0.39, 0.29) is 6.61 Å². The summed E-state index contributed by atoms with van der Waals surface area (Å²) in [5, 5.41) is 12.3. The number of aliphatic hydroxyl groups is 1. The van der Waals surface area contributed by atoms with Gasteiger partial charge in [0.25, 0.3) is 0 Å². The summed E-state index contributed by atoms with van der Waals surface area (Å²) in [6.07, 6.45) is 0. The Morgan fingerprint density at radius 2 is 1.79 bits per heavy atom. The quantitative estimate of drug-likeness (QED) is 0.752. The standard InChI is InChI=1S/C12H19NO/c1-10(11(2)9-14)8-13-12-6-4-3-5-7-12/h3-7,10-11,13-14H,8-9H2,1-2H3/t10-,11-/m0/s1. The number of para-hydroxylation sites is 1. The van der Waals surface area contributed by atoms with E-state index in [1.165, 1.54) is 0 Å². The summed E-state index contributed by atoms with van der Waals surface area (Å²) >= 11 is 0. The lowest BCUT2D eigenvalue weighted by Gasteiger charge is -2.18. The highest BCUT2D eigenvalue weighted by Crippen LogP contribution is 2.12. The first-order valence-electron chi connectivity index (χ1n) is 5.13. The van der Waals surface area contributed by atoms with Crippen LogP contribution in [0.4, 0.5) is 5.69 Å². The van der Waals surface area contributed by atoms with Gasteiger partial charge in [0.15, 0.2) is 0 Å². The number of hydrogen-bond acceptors (Lipinski definition) is 2. The topological polar surface area (TPSA) is 32.3 Å². The van der Waals surface area contributed by atoms with Crippen LogP contribution in [0.2, 0.25) is 0 Å². The molecule has 0 radical (unpaired) electrons. The molecule has 0 fully saturated rings. The average molecular weight is 193 g/mol. The van der Waals surface area contributed by atoms with Gasteiger partial charge < -0.3 is 10.4 Å². The van der Waals surface area contributed by atoms with Gasteiger partial charge in [-0.3, -0.25) is 0 Å². The zero-order valence-electron chi connectivity index (χ0n) is 8.90. The maximum absolute atomic E-state index is 8.97. The van der Waals surface area contributed by atoms with Gasteiger partial charge in [0.1, 0.15) is 0 Å². The zero-order chi connectivity index (χ0) is 10.4. The maximum atomic E-state index is 8.97. The molecule has 0 aromatic heterocycles. The lowest BCUT2D eigenvalue weighted by atomic mass is 9.97. The summed E-state index contributed by atoms with van der Waals surface area (Å²) in [4.78, 5) is 0. The summed E-state index contributed by atoms with van der Waals surface area (Å²) in [5.41, 5.74) is 1.14. The van der Waals surface area contributed by atoms with E-state index in [0.29, 0.717) is 11.8 Å². The van der Waals surface area contributed by atoms with Crippen LogP contribution < -0.4 is 5.32 Å². The van der Waals surface area contributed by atoms with Crippen LogP contribution in [0.15, 0.2) is 30.3 Å². The molecule has 0 aliphatic rings. The highest BCUT2D eigenvalue weighted by atomic mass is 16.3. The van der Waals surface area contributed by atoms with Crippen molar-refractivity contribution < 1.29 is 5.11 Å². The van der Waals surface area contributed by atoms with Crippen molar-refractivity contribution in [2.45, 2.75) is 13.8 Å². The van der Waals surface area contributed by atoms with Crippen LogP contribution in [0.1, 0.15) is 13.8 Å². The molecule has 0 heterocycles. The van der Waals surface area contributed by atoms with Gasteiger partial charge in [-0.25, -0.2) is 0 Å². The molecule has 0 saturated heterocycles. The summed E-state index contributed by atoms with van der Waals surface area (Å²) in [6, 6.07) is 10.1. The Labute approximate surface area is 86.0 Å². The SMILES string of the molecule is C[C@@H](CO)[C@@H](C)CNc1ccccc1. The Morgan fingerprint density at radius 3 is 2.36 bits per heavy atom. The van der Waals surface area contributed by atoms with E-state index in [2.05, 4.69) is 31.3 Å². The van der Waals surface area contributed by atoms with Gasteiger partial charge in [-0.05, 0) is 24.0 Å². The average Bonchev–Trinajstić information content (AvgIpc) is 2.26. The summed E-state index contributed by atoms with van der Waals surface area (Å²) in [7, 11) is 0. The Bertz CT molecular complexity index is 248. The zero-order valence-corrected chi connectivity index (χ0v) is 8.90. The lowest BCUT2D eigenvalue weighted by molar-refractivity contribution is 0.200. The van der Waals surface area contributed by atoms with Crippen molar-refractivity contribution >= 4 is 5.69 Å². The van der Waals surface area contributed by atoms with E-state index in [4.69, 9.17) is 5.11 Å². The molecule has 2 atom stereocenters. The molecule has 1 rings (SSSR count). The molecule has 0 aliphatic carbocycles. The Kier molecular flexibility index (Phi) is 4.47. The monoisotopic (exact) mass is 193 g/mol. The molecular weight excluding hydrogens is 174 g/mol. The Hall–Kier alpha value is -1.02. The van der Waals surface area contributed by atoms with Gasteiger partial charge in [0.05, 0.1) is 0 Å². The van der Waals surface area contributed by atoms with Crippen LogP contribution in [0.25, 0.3) is 0 Å². The van der Waals surface area contributed by atoms with Crippen molar-refractivity contribution in [3.8, 4) is 0 Å². The van der Waals surface area contributed by atoms with Crippen LogP contribution in [0.5, 0.6) is 0 Å². The molecule has 78 valence electrons. The largest absolute Gasteiger partial charge is 0.396 e. The van der Waals surface area contributed by atoms with E-state index >= 15 is 0 Å². The fourth-order valence-corrected chi connectivity index (χ4v) is 1.22. The second-order valence-electron chi connectivity index (χ2n) is 3.88. The van der Waals surface area contributed by atoms with Crippen LogP contribution in [-0.2, 0) is 0 Å². The van der Waals surface area contributed by atoms with Crippen LogP contribution in [0.3, 0.4) is 0 Å². The summed E-state index contributed by atoms with van der Waals surface area (Å²) in [6.45, 7) is 5.39. The van der Waals surface area contributed by atoms with Crippen LogP contribution in [-0.4, -0.2) is 18.3 Å². The van der Waals surface area contributed by atoms with E-state index in [9.17, 15) is 0 Å². The van der Waals surface area contributed by atoms with Crippen molar-refractivity contribution in [2.75, 3.05) is 18.5 Å². The molecule has 0 aliphatic heterocycles. The van der Waals surface area contributed by atoms with Crippen molar-refractivity contribution in [3.63, 3.8) is 0 Å². The van der Waals surface area contributed by atoms with Crippen molar-refractivity contribution in [2.24, 2.45) is 11.8 Å². The maximum Gasteiger partial charge on any atom is 0.0459 e. The van der Waals surface area contributed by atoms with E-state index in [1.807, 2.05) is 18.2 Å². The molecule has 0 unspecified atom stereocenters. The van der Waals surface area contributed by atoms with Crippen molar-refractivity contribution in [3.05, 3.63) is 30.3 Å². The third-order valence-electron chi connectivity index (χ3n) is 2.66. The molecule has 0 amide bonds. The fourth-order valence-electron chi connectivity index (χ4n) is 1.22. The molecule has 1 aromatic carbocycles.